The molecule has 7 nitrogen and oxygen atoms in total. The minimum absolute atomic E-state index is 0.157. The van der Waals surface area contributed by atoms with E-state index in [-0.39, 0.29) is 24.1 Å². The lowest BCUT2D eigenvalue weighted by molar-refractivity contribution is -0.141. The van der Waals surface area contributed by atoms with Gasteiger partial charge in [0.2, 0.25) is 11.8 Å². The molecule has 0 saturated carbocycles. The van der Waals surface area contributed by atoms with Gasteiger partial charge in [0.05, 0.1) is 6.26 Å². The van der Waals surface area contributed by atoms with Gasteiger partial charge in [-0.05, 0) is 17.7 Å². The van der Waals surface area contributed by atoms with Gasteiger partial charge >= 0.3 is 0 Å². The molecule has 0 atom stereocenters. The first-order chi connectivity index (χ1) is 13.0. The van der Waals surface area contributed by atoms with E-state index in [0.717, 1.165) is 5.56 Å². The van der Waals surface area contributed by atoms with Crippen LogP contribution in [-0.2, 0) is 16.1 Å². The van der Waals surface area contributed by atoms with Crippen LogP contribution in [0.15, 0.2) is 53.1 Å². The third kappa shape index (κ3) is 4.75. The lowest BCUT2D eigenvalue weighted by Crippen LogP contribution is -2.51. The molecule has 0 N–H and O–H groups in total. The number of nitrogens with zero attached hydrogens (tertiary/aromatic N) is 3. The molecule has 3 rings (SSSR count). The zero-order valence-electron chi connectivity index (χ0n) is 15.3. The van der Waals surface area contributed by atoms with E-state index in [4.69, 9.17) is 4.42 Å². The normalized spacial score (nSPS) is 14.1. The molecule has 1 aliphatic heterocycles. The molecule has 0 spiro atoms. The smallest absolute Gasteiger partial charge is 0.289 e. The molecule has 2 aromatic rings. The van der Waals surface area contributed by atoms with Crippen LogP contribution in [0.3, 0.4) is 0 Å². The average molecular weight is 369 g/mol. The van der Waals surface area contributed by atoms with E-state index in [9.17, 15) is 14.4 Å². The zero-order valence-corrected chi connectivity index (χ0v) is 15.3. The van der Waals surface area contributed by atoms with Gasteiger partial charge in [-0.1, -0.05) is 30.3 Å². The van der Waals surface area contributed by atoms with E-state index in [1.807, 2.05) is 30.3 Å². The number of carbonyl (C=O) groups is 3. The SMILES string of the molecule is CN(Cc1ccccc1)C(=O)CC(=O)N1CCN(C(=O)c2ccco2)CC1. The first kappa shape index (κ1) is 18.7. The summed E-state index contributed by atoms with van der Waals surface area (Å²) in [6.45, 7) is 2.17. The lowest BCUT2D eigenvalue weighted by Gasteiger charge is -2.34. The summed E-state index contributed by atoms with van der Waals surface area (Å²) in [4.78, 5) is 41.9. The van der Waals surface area contributed by atoms with Crippen molar-refractivity contribution < 1.29 is 18.8 Å². The highest BCUT2D eigenvalue weighted by atomic mass is 16.3. The van der Waals surface area contributed by atoms with Crippen LogP contribution in [0.2, 0.25) is 0 Å². The van der Waals surface area contributed by atoms with E-state index in [1.54, 1.807) is 33.9 Å². The van der Waals surface area contributed by atoms with Crippen molar-refractivity contribution >= 4 is 17.7 Å². The predicted octanol–water partition coefficient (Wildman–Crippen LogP) is 1.61. The Kier molecular flexibility index (Phi) is 5.90. The molecule has 1 aliphatic rings. The molecule has 27 heavy (non-hydrogen) atoms. The highest BCUT2D eigenvalue weighted by Gasteiger charge is 2.27. The summed E-state index contributed by atoms with van der Waals surface area (Å²) in [7, 11) is 1.70. The maximum absolute atomic E-state index is 12.4. The molecule has 142 valence electrons. The number of amides is 3. The van der Waals surface area contributed by atoms with Gasteiger partial charge in [0.1, 0.15) is 6.42 Å². The Morgan fingerprint density at radius 1 is 0.963 bits per heavy atom. The summed E-state index contributed by atoms with van der Waals surface area (Å²) in [5.74, 6) is -0.291. The van der Waals surface area contributed by atoms with Crippen molar-refractivity contribution in [2.24, 2.45) is 0 Å². The number of carbonyl (C=O) groups excluding carboxylic acids is 3. The molecule has 1 aromatic carbocycles. The Balaban J connectivity index is 1.46. The molecular weight excluding hydrogens is 346 g/mol. The van der Waals surface area contributed by atoms with Crippen molar-refractivity contribution in [3.05, 3.63) is 60.1 Å². The van der Waals surface area contributed by atoms with E-state index in [2.05, 4.69) is 0 Å². The molecule has 0 unspecified atom stereocenters. The third-order valence-corrected chi connectivity index (χ3v) is 4.64. The molecule has 1 aromatic heterocycles. The van der Waals surface area contributed by atoms with Crippen LogP contribution in [0.5, 0.6) is 0 Å². The first-order valence-electron chi connectivity index (χ1n) is 8.93. The fraction of sp³-hybridized carbons (Fsp3) is 0.350. The Hall–Kier alpha value is -3.09. The van der Waals surface area contributed by atoms with Crippen LogP contribution < -0.4 is 0 Å². The van der Waals surface area contributed by atoms with Crippen molar-refractivity contribution in [3.63, 3.8) is 0 Å². The minimum atomic E-state index is -0.210. The summed E-state index contributed by atoms with van der Waals surface area (Å²) in [6.07, 6.45) is 1.31. The van der Waals surface area contributed by atoms with Gasteiger partial charge < -0.3 is 19.1 Å². The van der Waals surface area contributed by atoms with E-state index in [1.165, 1.54) is 6.26 Å². The van der Waals surface area contributed by atoms with E-state index < -0.39 is 0 Å². The van der Waals surface area contributed by atoms with Gasteiger partial charge in [0.25, 0.3) is 5.91 Å². The first-order valence-corrected chi connectivity index (χ1v) is 8.93. The molecule has 0 radical (unpaired) electrons. The second kappa shape index (κ2) is 8.53. The fourth-order valence-corrected chi connectivity index (χ4v) is 3.04. The van der Waals surface area contributed by atoms with Crippen LogP contribution in [0, 0.1) is 0 Å². The number of piperazine rings is 1. The Labute approximate surface area is 158 Å². The number of furan rings is 1. The summed E-state index contributed by atoms with van der Waals surface area (Å²) in [5.41, 5.74) is 1.02. The standard InChI is InChI=1S/C20H23N3O4/c1-21(15-16-6-3-2-4-7-16)18(24)14-19(25)22-9-11-23(12-10-22)20(26)17-8-5-13-27-17/h2-8,13H,9-12,14-15H2,1H3. The number of hydrogen-bond donors (Lipinski definition) is 0. The van der Waals surface area contributed by atoms with Crippen LogP contribution in [0.25, 0.3) is 0 Å². The Morgan fingerprint density at radius 2 is 1.63 bits per heavy atom. The predicted molar refractivity (Wildman–Crippen MR) is 98.7 cm³/mol. The Bertz CT molecular complexity index is 781. The highest BCUT2D eigenvalue weighted by Crippen LogP contribution is 2.11. The van der Waals surface area contributed by atoms with Gasteiger partial charge in [-0.25, -0.2) is 0 Å². The third-order valence-electron chi connectivity index (χ3n) is 4.64. The second-order valence-corrected chi connectivity index (χ2v) is 6.56. The largest absolute Gasteiger partial charge is 0.459 e. The molecule has 7 heteroatoms. The molecule has 1 saturated heterocycles. The van der Waals surface area contributed by atoms with Crippen molar-refractivity contribution in [3.8, 4) is 0 Å². The summed E-state index contributed by atoms with van der Waals surface area (Å²) in [6, 6.07) is 12.9. The molecule has 0 bridgehead atoms. The summed E-state index contributed by atoms with van der Waals surface area (Å²) < 4.78 is 5.13. The second-order valence-electron chi connectivity index (χ2n) is 6.56. The summed E-state index contributed by atoms with van der Waals surface area (Å²) >= 11 is 0. The molecule has 3 amide bonds. The van der Waals surface area contributed by atoms with Gasteiger partial charge in [0, 0.05) is 39.8 Å². The van der Waals surface area contributed by atoms with Gasteiger partial charge in [-0.3, -0.25) is 14.4 Å². The minimum Gasteiger partial charge on any atom is -0.459 e. The number of hydrogen-bond acceptors (Lipinski definition) is 4. The average Bonchev–Trinajstić information content (AvgIpc) is 3.23. The molecular formula is C20H23N3O4. The van der Waals surface area contributed by atoms with Crippen LogP contribution in [-0.4, -0.2) is 65.6 Å². The quantitative estimate of drug-likeness (QED) is 0.751. The fourth-order valence-electron chi connectivity index (χ4n) is 3.04. The molecule has 2 heterocycles. The van der Waals surface area contributed by atoms with Crippen LogP contribution >= 0.6 is 0 Å². The topological polar surface area (TPSA) is 74.1 Å². The van der Waals surface area contributed by atoms with Crippen molar-refractivity contribution in [1.82, 2.24) is 14.7 Å². The number of rotatable bonds is 5. The van der Waals surface area contributed by atoms with Crippen molar-refractivity contribution in [2.45, 2.75) is 13.0 Å². The maximum Gasteiger partial charge on any atom is 0.289 e. The van der Waals surface area contributed by atoms with Gasteiger partial charge in [-0.15, -0.1) is 0 Å². The van der Waals surface area contributed by atoms with Gasteiger partial charge in [0.15, 0.2) is 5.76 Å². The van der Waals surface area contributed by atoms with E-state index >= 15 is 0 Å². The van der Waals surface area contributed by atoms with Crippen LogP contribution in [0.4, 0.5) is 0 Å². The Morgan fingerprint density at radius 3 is 2.26 bits per heavy atom. The molecule has 0 aliphatic carbocycles. The summed E-state index contributed by atoms with van der Waals surface area (Å²) in [5, 5.41) is 0. The molecule has 1 fully saturated rings. The lowest BCUT2D eigenvalue weighted by atomic mass is 10.2. The maximum atomic E-state index is 12.4. The monoisotopic (exact) mass is 369 g/mol. The van der Waals surface area contributed by atoms with Crippen LogP contribution in [0.1, 0.15) is 22.5 Å². The number of benzene rings is 1. The zero-order chi connectivity index (χ0) is 19.2. The van der Waals surface area contributed by atoms with Crippen molar-refractivity contribution in [1.29, 1.82) is 0 Å². The van der Waals surface area contributed by atoms with Crippen molar-refractivity contribution in [2.75, 3.05) is 33.2 Å². The highest BCUT2D eigenvalue weighted by molar-refractivity contribution is 5.97. The van der Waals surface area contributed by atoms with E-state index in [0.29, 0.717) is 38.5 Å². The van der Waals surface area contributed by atoms with Gasteiger partial charge in [-0.2, -0.15) is 0 Å².